The van der Waals surface area contributed by atoms with Crippen LogP contribution in [0.5, 0.6) is 17.2 Å². The largest absolute Gasteiger partial charge is 0.493 e. The van der Waals surface area contributed by atoms with Crippen LogP contribution in [0.15, 0.2) is 18.2 Å². The third-order valence-corrected chi connectivity index (χ3v) is 3.60. The molecule has 0 unspecified atom stereocenters. The SMILES string of the molecule is CCCN(CCOc1ccc(OC)c(OC)c1)C(=O)NCCN(C)C. The molecule has 0 aliphatic rings. The van der Waals surface area contributed by atoms with Gasteiger partial charge in [-0.2, -0.15) is 0 Å². The van der Waals surface area contributed by atoms with Crippen molar-refractivity contribution >= 4 is 6.03 Å². The number of hydrogen-bond acceptors (Lipinski definition) is 5. The van der Waals surface area contributed by atoms with Gasteiger partial charge in [0.25, 0.3) is 0 Å². The fourth-order valence-electron chi connectivity index (χ4n) is 2.26. The highest BCUT2D eigenvalue weighted by Gasteiger charge is 2.12. The van der Waals surface area contributed by atoms with E-state index in [1.165, 1.54) is 0 Å². The maximum atomic E-state index is 12.2. The summed E-state index contributed by atoms with van der Waals surface area (Å²) >= 11 is 0. The van der Waals surface area contributed by atoms with Gasteiger partial charge in [-0.25, -0.2) is 4.79 Å². The number of urea groups is 1. The highest BCUT2D eigenvalue weighted by molar-refractivity contribution is 5.74. The fraction of sp³-hybridized carbons (Fsp3) is 0.611. The molecule has 0 spiro atoms. The van der Waals surface area contributed by atoms with Gasteiger partial charge in [0.15, 0.2) is 11.5 Å². The summed E-state index contributed by atoms with van der Waals surface area (Å²) in [5, 5.41) is 2.93. The summed E-state index contributed by atoms with van der Waals surface area (Å²) in [7, 11) is 7.14. The number of nitrogens with one attached hydrogen (secondary N) is 1. The summed E-state index contributed by atoms with van der Waals surface area (Å²) in [5.74, 6) is 1.96. The van der Waals surface area contributed by atoms with E-state index < -0.39 is 0 Å². The molecular weight excluding hydrogens is 322 g/mol. The molecular formula is C18H31N3O4. The van der Waals surface area contributed by atoms with Gasteiger partial charge in [-0.1, -0.05) is 6.92 Å². The summed E-state index contributed by atoms with van der Waals surface area (Å²) < 4.78 is 16.2. The van der Waals surface area contributed by atoms with Gasteiger partial charge in [0.1, 0.15) is 12.4 Å². The van der Waals surface area contributed by atoms with Crippen LogP contribution in [-0.2, 0) is 0 Å². The molecule has 0 aliphatic carbocycles. The van der Waals surface area contributed by atoms with Gasteiger partial charge in [0.2, 0.25) is 0 Å². The molecule has 0 radical (unpaired) electrons. The molecule has 0 saturated heterocycles. The van der Waals surface area contributed by atoms with E-state index in [1.807, 2.05) is 25.1 Å². The minimum atomic E-state index is -0.0559. The highest BCUT2D eigenvalue weighted by Crippen LogP contribution is 2.30. The summed E-state index contributed by atoms with van der Waals surface area (Å²) in [6, 6.07) is 5.34. The maximum Gasteiger partial charge on any atom is 0.317 e. The second-order valence-corrected chi connectivity index (χ2v) is 5.89. The summed E-state index contributed by atoms with van der Waals surface area (Å²) in [5.41, 5.74) is 0. The zero-order valence-corrected chi connectivity index (χ0v) is 16.0. The molecule has 1 aromatic rings. The first-order chi connectivity index (χ1) is 12.0. The Hall–Kier alpha value is -2.15. The van der Waals surface area contributed by atoms with E-state index in [-0.39, 0.29) is 6.03 Å². The first kappa shape index (κ1) is 20.9. The van der Waals surface area contributed by atoms with Crippen molar-refractivity contribution in [1.29, 1.82) is 0 Å². The van der Waals surface area contributed by atoms with Crippen LogP contribution in [0.3, 0.4) is 0 Å². The molecule has 0 fully saturated rings. The summed E-state index contributed by atoms with van der Waals surface area (Å²) in [6.45, 7) is 5.13. The molecule has 1 rings (SSSR count). The smallest absolute Gasteiger partial charge is 0.317 e. The molecule has 142 valence electrons. The molecule has 2 amide bonds. The molecule has 0 atom stereocenters. The molecule has 25 heavy (non-hydrogen) atoms. The zero-order chi connectivity index (χ0) is 18.7. The van der Waals surface area contributed by atoms with E-state index >= 15 is 0 Å². The predicted molar refractivity (Wildman–Crippen MR) is 98.9 cm³/mol. The third kappa shape index (κ3) is 7.51. The third-order valence-electron chi connectivity index (χ3n) is 3.60. The minimum Gasteiger partial charge on any atom is -0.493 e. The van der Waals surface area contributed by atoms with Crippen LogP contribution in [0.2, 0.25) is 0 Å². The Labute approximate surface area is 150 Å². The predicted octanol–water partition coefficient (Wildman–Crippen LogP) is 2.07. The van der Waals surface area contributed by atoms with Crippen LogP contribution in [0.25, 0.3) is 0 Å². The number of ether oxygens (including phenoxy) is 3. The Balaban J connectivity index is 2.50. The number of methoxy groups -OCH3 is 2. The average molecular weight is 353 g/mol. The molecule has 0 aromatic heterocycles. The molecule has 0 bridgehead atoms. The number of nitrogens with zero attached hydrogens (tertiary/aromatic N) is 2. The van der Waals surface area contributed by atoms with Gasteiger partial charge in [-0.15, -0.1) is 0 Å². The molecule has 0 aliphatic heterocycles. The van der Waals surface area contributed by atoms with Crippen molar-refractivity contribution in [3.05, 3.63) is 18.2 Å². The first-order valence-electron chi connectivity index (χ1n) is 8.54. The van der Waals surface area contributed by atoms with Gasteiger partial charge >= 0.3 is 6.03 Å². The lowest BCUT2D eigenvalue weighted by atomic mass is 10.3. The fourth-order valence-corrected chi connectivity index (χ4v) is 2.26. The van der Waals surface area contributed by atoms with Crippen molar-refractivity contribution < 1.29 is 19.0 Å². The zero-order valence-electron chi connectivity index (χ0n) is 16.0. The Morgan fingerprint density at radius 2 is 1.80 bits per heavy atom. The lowest BCUT2D eigenvalue weighted by Gasteiger charge is -2.23. The van der Waals surface area contributed by atoms with Crippen LogP contribution in [0, 0.1) is 0 Å². The molecule has 0 saturated carbocycles. The normalized spacial score (nSPS) is 10.5. The van der Waals surface area contributed by atoms with Crippen molar-refractivity contribution in [3.63, 3.8) is 0 Å². The van der Waals surface area contributed by atoms with E-state index in [0.717, 1.165) is 13.0 Å². The van der Waals surface area contributed by atoms with Crippen LogP contribution >= 0.6 is 0 Å². The monoisotopic (exact) mass is 353 g/mol. The van der Waals surface area contributed by atoms with Gasteiger partial charge in [-0.3, -0.25) is 0 Å². The Kier molecular flexibility index (Phi) is 9.54. The second-order valence-electron chi connectivity index (χ2n) is 5.89. The summed E-state index contributed by atoms with van der Waals surface area (Å²) in [4.78, 5) is 16.1. The second kappa shape index (κ2) is 11.4. The van der Waals surface area contributed by atoms with Crippen molar-refractivity contribution in [2.75, 3.05) is 61.1 Å². The van der Waals surface area contributed by atoms with E-state index in [9.17, 15) is 4.79 Å². The first-order valence-corrected chi connectivity index (χ1v) is 8.54. The van der Waals surface area contributed by atoms with Crippen molar-refractivity contribution in [3.8, 4) is 17.2 Å². The lowest BCUT2D eigenvalue weighted by Crippen LogP contribution is -2.44. The standard InChI is InChI=1S/C18H31N3O4/c1-6-10-21(18(22)19-9-11-20(2)3)12-13-25-15-7-8-16(23-4)17(14-15)24-5/h7-8,14H,6,9-13H2,1-5H3,(H,19,22). The molecule has 1 N–H and O–H groups in total. The van der Waals surface area contributed by atoms with Crippen LogP contribution < -0.4 is 19.5 Å². The summed E-state index contributed by atoms with van der Waals surface area (Å²) in [6.07, 6.45) is 0.900. The topological polar surface area (TPSA) is 63.3 Å². The van der Waals surface area contributed by atoms with Gasteiger partial charge in [0, 0.05) is 25.7 Å². The van der Waals surface area contributed by atoms with Crippen molar-refractivity contribution in [2.24, 2.45) is 0 Å². The van der Waals surface area contributed by atoms with Crippen molar-refractivity contribution in [2.45, 2.75) is 13.3 Å². The molecule has 7 nitrogen and oxygen atoms in total. The minimum absolute atomic E-state index is 0.0559. The van der Waals surface area contributed by atoms with E-state index in [0.29, 0.717) is 43.5 Å². The average Bonchev–Trinajstić information content (AvgIpc) is 2.60. The van der Waals surface area contributed by atoms with E-state index in [1.54, 1.807) is 31.3 Å². The van der Waals surface area contributed by atoms with E-state index in [2.05, 4.69) is 12.2 Å². The number of amides is 2. The quantitative estimate of drug-likeness (QED) is 0.660. The van der Waals surface area contributed by atoms with Gasteiger partial charge in [0.05, 0.1) is 20.8 Å². The number of rotatable bonds is 11. The van der Waals surface area contributed by atoms with Gasteiger partial charge < -0.3 is 29.3 Å². The number of hydrogen-bond donors (Lipinski definition) is 1. The number of benzene rings is 1. The van der Waals surface area contributed by atoms with Crippen LogP contribution in [0.1, 0.15) is 13.3 Å². The van der Waals surface area contributed by atoms with Crippen molar-refractivity contribution in [1.82, 2.24) is 15.1 Å². The highest BCUT2D eigenvalue weighted by atomic mass is 16.5. The van der Waals surface area contributed by atoms with Crippen LogP contribution in [0.4, 0.5) is 4.79 Å². The van der Waals surface area contributed by atoms with Crippen LogP contribution in [-0.4, -0.2) is 76.9 Å². The Bertz CT molecular complexity index is 523. The molecule has 0 heterocycles. The maximum absolute atomic E-state index is 12.2. The van der Waals surface area contributed by atoms with Gasteiger partial charge in [-0.05, 0) is 32.6 Å². The number of carbonyl (C=O) groups is 1. The number of likely N-dealkylation sites (N-methyl/N-ethyl adjacent to an activating group) is 1. The Morgan fingerprint density at radius 1 is 1.08 bits per heavy atom. The number of carbonyl (C=O) groups excluding carboxylic acids is 1. The van der Waals surface area contributed by atoms with E-state index in [4.69, 9.17) is 14.2 Å². The molecule has 1 aromatic carbocycles. The Morgan fingerprint density at radius 3 is 2.40 bits per heavy atom. The molecule has 7 heteroatoms. The lowest BCUT2D eigenvalue weighted by molar-refractivity contribution is 0.181.